The van der Waals surface area contributed by atoms with Gasteiger partial charge in [-0.1, -0.05) is 26.2 Å². The highest BCUT2D eigenvalue weighted by atomic mass is 15.1. The molecule has 0 aromatic carbocycles. The Morgan fingerprint density at radius 1 is 1.43 bits per heavy atom. The van der Waals surface area contributed by atoms with E-state index in [1.165, 1.54) is 0 Å². The fraction of sp³-hybridized carbons (Fsp3) is 0.500. The average molecular weight is 194 g/mol. The molecule has 0 radical (unpaired) electrons. The van der Waals surface area contributed by atoms with Crippen LogP contribution in [0.1, 0.15) is 20.8 Å². The number of nitrogens with one attached hydrogen (secondary N) is 1. The summed E-state index contributed by atoms with van der Waals surface area (Å²) in [7, 11) is 2.08. The number of hydrogen-bond donors (Lipinski definition) is 1. The van der Waals surface area contributed by atoms with Crippen LogP contribution in [0.25, 0.3) is 0 Å². The first kappa shape index (κ1) is 13.0. The molecule has 0 spiro atoms. The molecule has 14 heavy (non-hydrogen) atoms. The van der Waals surface area contributed by atoms with Gasteiger partial charge in [0.25, 0.3) is 0 Å². The molecule has 0 saturated heterocycles. The van der Waals surface area contributed by atoms with Gasteiger partial charge in [-0.05, 0) is 33.0 Å². The molecule has 0 saturated carbocycles. The molecule has 0 atom stereocenters. The number of hydrogen-bond acceptors (Lipinski definition) is 2. The Morgan fingerprint density at radius 3 is 2.43 bits per heavy atom. The molecule has 0 amide bonds. The lowest BCUT2D eigenvalue weighted by Gasteiger charge is -2.18. The first-order valence-corrected chi connectivity index (χ1v) is 4.94. The van der Waals surface area contributed by atoms with E-state index in [4.69, 9.17) is 0 Å². The van der Waals surface area contributed by atoms with E-state index >= 15 is 0 Å². The van der Waals surface area contributed by atoms with Crippen LogP contribution < -0.4 is 5.32 Å². The van der Waals surface area contributed by atoms with Gasteiger partial charge in [-0.2, -0.15) is 0 Å². The zero-order valence-electron chi connectivity index (χ0n) is 9.85. The van der Waals surface area contributed by atoms with E-state index in [1.807, 2.05) is 19.9 Å². The topological polar surface area (TPSA) is 15.3 Å². The molecule has 0 aliphatic carbocycles. The van der Waals surface area contributed by atoms with Crippen LogP contribution in [0.15, 0.2) is 36.2 Å². The highest BCUT2D eigenvalue weighted by molar-refractivity contribution is 5.22. The van der Waals surface area contributed by atoms with E-state index in [9.17, 15) is 0 Å². The Morgan fingerprint density at radius 2 is 2.00 bits per heavy atom. The van der Waals surface area contributed by atoms with Crippen LogP contribution in [0.3, 0.4) is 0 Å². The highest BCUT2D eigenvalue weighted by Gasteiger charge is 1.99. The minimum Gasteiger partial charge on any atom is -0.362 e. The monoisotopic (exact) mass is 194 g/mol. The molecule has 0 rings (SSSR count). The summed E-state index contributed by atoms with van der Waals surface area (Å²) in [5.74, 6) is 0. The predicted octanol–water partition coefficient (Wildman–Crippen LogP) is 2.52. The lowest BCUT2D eigenvalue weighted by Crippen LogP contribution is -2.26. The molecule has 80 valence electrons. The van der Waals surface area contributed by atoms with Crippen molar-refractivity contribution in [1.29, 1.82) is 0 Å². The Kier molecular flexibility index (Phi) is 5.97. The van der Waals surface area contributed by atoms with Crippen molar-refractivity contribution in [2.45, 2.75) is 20.8 Å². The van der Waals surface area contributed by atoms with Crippen LogP contribution in [0, 0.1) is 0 Å². The minimum atomic E-state index is 0.873. The summed E-state index contributed by atoms with van der Waals surface area (Å²) in [5, 5.41) is 3.27. The normalized spacial score (nSPS) is 12.4. The van der Waals surface area contributed by atoms with E-state index < -0.39 is 0 Å². The van der Waals surface area contributed by atoms with Crippen LogP contribution in [0.4, 0.5) is 0 Å². The third kappa shape index (κ3) is 4.87. The number of rotatable bonds is 6. The first-order valence-electron chi connectivity index (χ1n) is 4.94. The van der Waals surface area contributed by atoms with Gasteiger partial charge in [-0.3, -0.25) is 0 Å². The molecule has 2 heteroatoms. The third-order valence-corrected chi connectivity index (χ3v) is 2.26. The van der Waals surface area contributed by atoms with E-state index in [-0.39, 0.29) is 0 Å². The minimum absolute atomic E-state index is 0.873. The van der Waals surface area contributed by atoms with Crippen LogP contribution in [-0.4, -0.2) is 25.0 Å². The Bertz CT molecular complexity index is 239. The zero-order chi connectivity index (χ0) is 11.1. The van der Waals surface area contributed by atoms with Crippen molar-refractivity contribution in [2.75, 3.05) is 20.1 Å². The molecule has 2 nitrogen and oxygen atoms in total. The molecule has 0 aromatic rings. The smallest absolute Gasteiger partial charge is 0.0375 e. The number of nitrogens with zero attached hydrogens (tertiary/aromatic N) is 1. The lowest BCUT2D eigenvalue weighted by molar-refractivity contribution is 0.377. The number of allylic oxidation sites excluding steroid dienone is 3. The van der Waals surface area contributed by atoms with Crippen LogP contribution in [-0.2, 0) is 0 Å². The van der Waals surface area contributed by atoms with Crippen molar-refractivity contribution in [1.82, 2.24) is 10.2 Å². The second-order valence-corrected chi connectivity index (χ2v) is 3.57. The molecular formula is C12H22N2. The maximum atomic E-state index is 3.98. The van der Waals surface area contributed by atoms with Crippen molar-refractivity contribution in [3.05, 3.63) is 36.2 Å². The van der Waals surface area contributed by atoms with Gasteiger partial charge >= 0.3 is 0 Å². The fourth-order valence-electron chi connectivity index (χ4n) is 0.994. The van der Waals surface area contributed by atoms with Crippen LogP contribution in [0.2, 0.25) is 0 Å². The second kappa shape index (κ2) is 6.44. The van der Waals surface area contributed by atoms with Gasteiger partial charge in [-0.15, -0.1) is 0 Å². The van der Waals surface area contributed by atoms with Crippen molar-refractivity contribution >= 4 is 0 Å². The molecular weight excluding hydrogens is 172 g/mol. The van der Waals surface area contributed by atoms with Crippen LogP contribution >= 0.6 is 0 Å². The predicted molar refractivity (Wildman–Crippen MR) is 64.0 cm³/mol. The zero-order valence-corrected chi connectivity index (χ0v) is 9.85. The lowest BCUT2D eigenvalue weighted by atomic mass is 10.2. The van der Waals surface area contributed by atoms with Gasteiger partial charge in [0, 0.05) is 17.9 Å². The average Bonchev–Trinajstić information content (AvgIpc) is 2.15. The van der Waals surface area contributed by atoms with Gasteiger partial charge in [0.05, 0.1) is 0 Å². The molecule has 0 aliphatic rings. The van der Waals surface area contributed by atoms with Crippen LogP contribution in [0.5, 0.6) is 0 Å². The van der Waals surface area contributed by atoms with Crippen molar-refractivity contribution in [2.24, 2.45) is 0 Å². The molecule has 1 N–H and O–H groups in total. The first-order chi connectivity index (χ1) is 6.51. The summed E-state index contributed by atoms with van der Waals surface area (Å²) < 4.78 is 0. The molecule has 0 heterocycles. The Balaban J connectivity index is 4.13. The third-order valence-electron chi connectivity index (χ3n) is 2.26. The maximum Gasteiger partial charge on any atom is 0.0375 e. The summed E-state index contributed by atoms with van der Waals surface area (Å²) in [4.78, 5) is 2.20. The molecule has 0 fully saturated rings. The van der Waals surface area contributed by atoms with Crippen molar-refractivity contribution in [3.8, 4) is 0 Å². The second-order valence-electron chi connectivity index (χ2n) is 3.57. The maximum absolute atomic E-state index is 3.98. The van der Waals surface area contributed by atoms with E-state index in [1.54, 1.807) is 0 Å². The number of likely N-dealkylation sites (N-methyl/N-ethyl adjacent to an activating group) is 1. The summed E-state index contributed by atoms with van der Waals surface area (Å²) in [6.07, 6.45) is 1.85. The van der Waals surface area contributed by atoms with Crippen molar-refractivity contribution in [3.63, 3.8) is 0 Å². The Hall–Kier alpha value is -1.02. The van der Waals surface area contributed by atoms with Gasteiger partial charge < -0.3 is 10.2 Å². The summed E-state index contributed by atoms with van der Waals surface area (Å²) in [6.45, 7) is 15.8. The summed E-state index contributed by atoms with van der Waals surface area (Å²) in [6, 6.07) is 0. The quantitative estimate of drug-likeness (QED) is 0.654. The van der Waals surface area contributed by atoms with E-state index in [0.29, 0.717) is 0 Å². The van der Waals surface area contributed by atoms with E-state index in [0.717, 1.165) is 30.1 Å². The van der Waals surface area contributed by atoms with Gasteiger partial charge in [-0.25, -0.2) is 0 Å². The van der Waals surface area contributed by atoms with E-state index in [2.05, 4.69) is 37.3 Å². The van der Waals surface area contributed by atoms with Gasteiger partial charge in [0.15, 0.2) is 0 Å². The fourth-order valence-corrected chi connectivity index (χ4v) is 0.994. The van der Waals surface area contributed by atoms with Gasteiger partial charge in [0.1, 0.15) is 0 Å². The molecule has 0 aliphatic heterocycles. The standard InChI is InChI=1S/C12H22N2/c1-7-10(3)12(5)13-11(4)9-14(6)8-2/h7,13H,1,4,8-9H2,2-3,5-6H3/b12-10+. The summed E-state index contributed by atoms with van der Waals surface area (Å²) >= 11 is 0. The molecule has 0 unspecified atom stereocenters. The molecule has 0 bridgehead atoms. The molecule has 0 aromatic heterocycles. The largest absolute Gasteiger partial charge is 0.362 e. The highest BCUT2D eigenvalue weighted by Crippen LogP contribution is 2.03. The SMILES string of the molecule is C=C/C(C)=C(\C)NC(=C)CN(C)CC. The van der Waals surface area contributed by atoms with Crippen molar-refractivity contribution < 1.29 is 0 Å². The van der Waals surface area contributed by atoms with Gasteiger partial charge in [0.2, 0.25) is 0 Å². The Labute approximate surface area is 88.0 Å². The summed E-state index contributed by atoms with van der Waals surface area (Å²) in [5.41, 5.74) is 3.30.